The molecule has 0 bridgehead atoms. The zero-order valence-corrected chi connectivity index (χ0v) is 7.29. The first-order valence-electron chi connectivity index (χ1n) is 4.36. The van der Waals surface area contributed by atoms with Gasteiger partial charge in [-0.3, -0.25) is 0 Å². The third-order valence-electron chi connectivity index (χ3n) is 2.10. The predicted molar refractivity (Wildman–Crippen MR) is 48.3 cm³/mol. The molecule has 1 fully saturated rings. The molecule has 1 aliphatic rings. The quantitative estimate of drug-likeness (QED) is 0.648. The number of ether oxygens (including phenoxy) is 1. The third-order valence-corrected chi connectivity index (χ3v) is 2.10. The lowest BCUT2D eigenvalue weighted by atomic mass is 10.2. The van der Waals surface area contributed by atoms with Crippen LogP contribution in [0, 0.1) is 11.9 Å². The maximum absolute atomic E-state index is 12.8. The molecule has 0 aromatic heterocycles. The molecule has 1 saturated heterocycles. The molecule has 3 heteroatoms. The lowest BCUT2D eigenvalue weighted by Gasteiger charge is -2.28. The van der Waals surface area contributed by atoms with Crippen LogP contribution < -0.4 is 4.90 Å². The molecule has 0 atom stereocenters. The van der Waals surface area contributed by atoms with E-state index < -0.39 is 0 Å². The summed E-state index contributed by atoms with van der Waals surface area (Å²) >= 11 is 0. The summed E-state index contributed by atoms with van der Waals surface area (Å²) in [5, 5.41) is 0. The summed E-state index contributed by atoms with van der Waals surface area (Å²) in [6.45, 7) is 3.06. The Kier molecular flexibility index (Phi) is 2.45. The standard InChI is InChI=1S/C10H11FNO/c11-9-2-1-3-10(8-9)12-4-6-13-7-5-12/h1-2,8H,4-7H2. The highest BCUT2D eigenvalue weighted by Gasteiger charge is 2.11. The van der Waals surface area contributed by atoms with Crippen LogP contribution in [-0.4, -0.2) is 26.3 Å². The van der Waals surface area contributed by atoms with Crippen molar-refractivity contribution in [2.75, 3.05) is 31.2 Å². The van der Waals surface area contributed by atoms with Gasteiger partial charge in [0.15, 0.2) is 0 Å². The van der Waals surface area contributed by atoms with E-state index in [0.29, 0.717) is 13.2 Å². The van der Waals surface area contributed by atoms with Crippen LogP contribution in [0.3, 0.4) is 0 Å². The van der Waals surface area contributed by atoms with Crippen molar-refractivity contribution in [3.63, 3.8) is 0 Å². The maximum Gasteiger partial charge on any atom is 0.125 e. The lowest BCUT2D eigenvalue weighted by molar-refractivity contribution is 0.122. The number of benzene rings is 1. The molecule has 0 N–H and O–H groups in total. The molecule has 0 spiro atoms. The summed E-state index contributed by atoms with van der Waals surface area (Å²) in [6, 6.07) is 7.53. The van der Waals surface area contributed by atoms with E-state index in [4.69, 9.17) is 4.74 Å². The van der Waals surface area contributed by atoms with Gasteiger partial charge < -0.3 is 9.64 Å². The number of hydrogen-bond donors (Lipinski definition) is 0. The molecular formula is C10H11FNO. The largest absolute Gasteiger partial charge is 0.378 e. The molecule has 0 amide bonds. The maximum atomic E-state index is 12.8. The normalized spacial score (nSPS) is 17.5. The van der Waals surface area contributed by atoms with Crippen LogP contribution in [0.25, 0.3) is 0 Å². The Morgan fingerprint density at radius 3 is 2.85 bits per heavy atom. The lowest BCUT2D eigenvalue weighted by Crippen LogP contribution is -2.36. The fourth-order valence-electron chi connectivity index (χ4n) is 1.41. The van der Waals surface area contributed by atoms with Crippen LogP contribution in [0.4, 0.5) is 10.1 Å². The fourth-order valence-corrected chi connectivity index (χ4v) is 1.41. The molecule has 1 heterocycles. The van der Waals surface area contributed by atoms with Gasteiger partial charge in [0.25, 0.3) is 0 Å². The Morgan fingerprint density at radius 1 is 1.38 bits per heavy atom. The zero-order chi connectivity index (χ0) is 9.10. The first kappa shape index (κ1) is 8.51. The van der Waals surface area contributed by atoms with Crippen molar-refractivity contribution in [1.82, 2.24) is 0 Å². The van der Waals surface area contributed by atoms with E-state index in [9.17, 15) is 4.39 Å². The number of halogens is 1. The zero-order valence-electron chi connectivity index (χ0n) is 7.29. The molecule has 0 aliphatic carbocycles. The summed E-state index contributed by atoms with van der Waals surface area (Å²) in [6.07, 6.45) is 0. The Labute approximate surface area is 76.9 Å². The van der Waals surface area contributed by atoms with Crippen LogP contribution in [0.1, 0.15) is 0 Å². The van der Waals surface area contributed by atoms with E-state index in [0.717, 1.165) is 18.8 Å². The monoisotopic (exact) mass is 180 g/mol. The van der Waals surface area contributed by atoms with Crippen molar-refractivity contribution < 1.29 is 9.13 Å². The van der Waals surface area contributed by atoms with Crippen molar-refractivity contribution in [1.29, 1.82) is 0 Å². The molecule has 1 radical (unpaired) electrons. The van der Waals surface area contributed by atoms with Gasteiger partial charge in [-0.15, -0.1) is 0 Å². The molecule has 1 aromatic carbocycles. The molecule has 0 unspecified atom stereocenters. The van der Waals surface area contributed by atoms with Gasteiger partial charge >= 0.3 is 0 Å². The highest BCUT2D eigenvalue weighted by atomic mass is 19.1. The van der Waals surface area contributed by atoms with Crippen LogP contribution in [0.2, 0.25) is 0 Å². The first-order valence-corrected chi connectivity index (χ1v) is 4.36. The summed E-state index contributed by atoms with van der Waals surface area (Å²) in [5.41, 5.74) is 0.822. The summed E-state index contributed by atoms with van der Waals surface area (Å²) < 4.78 is 18.0. The van der Waals surface area contributed by atoms with Crippen molar-refractivity contribution in [2.24, 2.45) is 0 Å². The van der Waals surface area contributed by atoms with Crippen LogP contribution in [0.5, 0.6) is 0 Å². The smallest absolute Gasteiger partial charge is 0.125 e. The van der Waals surface area contributed by atoms with E-state index >= 15 is 0 Å². The summed E-state index contributed by atoms with van der Waals surface area (Å²) in [4.78, 5) is 2.08. The Hall–Kier alpha value is -1.09. The fraction of sp³-hybridized carbons (Fsp3) is 0.400. The summed E-state index contributed by atoms with van der Waals surface area (Å²) in [7, 11) is 0. The van der Waals surface area contributed by atoms with E-state index in [1.54, 1.807) is 6.07 Å². The average molecular weight is 180 g/mol. The van der Waals surface area contributed by atoms with E-state index in [1.165, 1.54) is 12.1 Å². The highest BCUT2D eigenvalue weighted by Crippen LogP contribution is 2.15. The van der Waals surface area contributed by atoms with Gasteiger partial charge in [0, 0.05) is 24.8 Å². The van der Waals surface area contributed by atoms with E-state index in [2.05, 4.69) is 11.0 Å². The molecule has 2 nitrogen and oxygen atoms in total. The highest BCUT2D eigenvalue weighted by molar-refractivity contribution is 5.45. The molecular weight excluding hydrogens is 169 g/mol. The van der Waals surface area contributed by atoms with Crippen molar-refractivity contribution in [3.8, 4) is 0 Å². The minimum Gasteiger partial charge on any atom is -0.378 e. The summed E-state index contributed by atoms with van der Waals surface area (Å²) in [5.74, 6) is -0.208. The number of morpholine rings is 1. The minimum absolute atomic E-state index is 0.208. The van der Waals surface area contributed by atoms with Crippen molar-refractivity contribution in [3.05, 3.63) is 30.1 Å². The second-order valence-corrected chi connectivity index (χ2v) is 2.99. The van der Waals surface area contributed by atoms with E-state index in [-0.39, 0.29) is 5.82 Å². The molecule has 1 aliphatic heterocycles. The Morgan fingerprint density at radius 2 is 2.15 bits per heavy atom. The first-order chi connectivity index (χ1) is 6.36. The van der Waals surface area contributed by atoms with Gasteiger partial charge in [-0.1, -0.05) is 0 Å². The minimum atomic E-state index is -0.208. The van der Waals surface area contributed by atoms with Gasteiger partial charge in [-0.05, 0) is 18.2 Å². The van der Waals surface area contributed by atoms with Gasteiger partial charge in [0.1, 0.15) is 5.82 Å². The SMILES string of the molecule is Fc1cc[c]c(N2CCOCC2)c1. The number of hydrogen-bond acceptors (Lipinski definition) is 2. The van der Waals surface area contributed by atoms with Crippen LogP contribution in [0.15, 0.2) is 18.2 Å². The van der Waals surface area contributed by atoms with Crippen LogP contribution in [-0.2, 0) is 4.74 Å². The van der Waals surface area contributed by atoms with Crippen molar-refractivity contribution >= 4 is 5.69 Å². The number of rotatable bonds is 1. The molecule has 13 heavy (non-hydrogen) atoms. The van der Waals surface area contributed by atoms with Gasteiger partial charge in [-0.2, -0.15) is 0 Å². The number of anilines is 1. The van der Waals surface area contributed by atoms with E-state index in [1.807, 2.05) is 0 Å². The Bertz CT molecular complexity index is 284. The molecule has 69 valence electrons. The van der Waals surface area contributed by atoms with Crippen LogP contribution >= 0.6 is 0 Å². The second-order valence-electron chi connectivity index (χ2n) is 2.99. The van der Waals surface area contributed by atoms with Gasteiger partial charge in [0.05, 0.1) is 13.2 Å². The molecule has 1 aromatic rings. The predicted octanol–water partition coefficient (Wildman–Crippen LogP) is 1.46. The van der Waals surface area contributed by atoms with Gasteiger partial charge in [-0.25, -0.2) is 4.39 Å². The average Bonchev–Trinajstić information content (AvgIpc) is 2.19. The van der Waals surface area contributed by atoms with Gasteiger partial charge in [0.2, 0.25) is 0 Å². The third kappa shape index (κ3) is 1.98. The Balaban J connectivity index is 2.14. The van der Waals surface area contributed by atoms with Crippen molar-refractivity contribution in [2.45, 2.75) is 0 Å². The topological polar surface area (TPSA) is 12.5 Å². The second kappa shape index (κ2) is 3.75. The molecule has 0 saturated carbocycles. The molecule has 2 rings (SSSR count). The number of nitrogens with zero attached hydrogens (tertiary/aromatic N) is 1.